The second-order valence-electron chi connectivity index (χ2n) is 5.57. The van der Waals surface area contributed by atoms with Crippen LogP contribution in [-0.2, 0) is 9.59 Å². The molecule has 6 nitrogen and oxygen atoms in total. The SMILES string of the molecule is COc1c(Br)cc(F)cc1NC(=O)CCN1C(=O)COc2ccccc21. The number of hydrogen-bond donors (Lipinski definition) is 1. The Kier molecular flexibility index (Phi) is 5.41. The normalized spacial score (nSPS) is 13.0. The average molecular weight is 423 g/mol. The highest BCUT2D eigenvalue weighted by atomic mass is 79.9. The lowest BCUT2D eigenvalue weighted by atomic mass is 10.2. The predicted molar refractivity (Wildman–Crippen MR) is 98.2 cm³/mol. The number of hydrogen-bond acceptors (Lipinski definition) is 4. The van der Waals surface area contributed by atoms with E-state index in [1.807, 2.05) is 6.07 Å². The Bertz CT molecular complexity index is 859. The molecule has 0 spiro atoms. The van der Waals surface area contributed by atoms with E-state index in [4.69, 9.17) is 9.47 Å². The van der Waals surface area contributed by atoms with E-state index in [9.17, 15) is 14.0 Å². The monoisotopic (exact) mass is 422 g/mol. The Labute approximate surface area is 158 Å². The van der Waals surface area contributed by atoms with Gasteiger partial charge in [-0.1, -0.05) is 12.1 Å². The molecule has 26 heavy (non-hydrogen) atoms. The Hall–Kier alpha value is -2.61. The highest BCUT2D eigenvalue weighted by Gasteiger charge is 2.25. The summed E-state index contributed by atoms with van der Waals surface area (Å²) in [4.78, 5) is 25.9. The van der Waals surface area contributed by atoms with Crippen molar-refractivity contribution in [2.24, 2.45) is 0 Å². The van der Waals surface area contributed by atoms with E-state index in [1.165, 1.54) is 24.1 Å². The molecule has 136 valence electrons. The van der Waals surface area contributed by atoms with E-state index in [0.717, 1.165) is 0 Å². The number of carbonyl (C=O) groups is 2. The Morgan fingerprint density at radius 3 is 2.92 bits per heavy atom. The Morgan fingerprint density at radius 1 is 1.38 bits per heavy atom. The van der Waals surface area contributed by atoms with Gasteiger partial charge in [0.2, 0.25) is 5.91 Å². The van der Waals surface area contributed by atoms with Gasteiger partial charge in [-0.3, -0.25) is 9.59 Å². The van der Waals surface area contributed by atoms with E-state index < -0.39 is 5.82 Å². The van der Waals surface area contributed by atoms with Gasteiger partial charge in [0.25, 0.3) is 5.91 Å². The van der Waals surface area contributed by atoms with Gasteiger partial charge in [-0.05, 0) is 34.1 Å². The van der Waals surface area contributed by atoms with Gasteiger partial charge in [0.1, 0.15) is 11.6 Å². The first-order chi connectivity index (χ1) is 12.5. The molecule has 0 unspecified atom stereocenters. The number of halogens is 2. The van der Waals surface area contributed by atoms with E-state index in [1.54, 1.807) is 18.2 Å². The van der Waals surface area contributed by atoms with Crippen molar-refractivity contribution >= 4 is 39.1 Å². The summed E-state index contributed by atoms with van der Waals surface area (Å²) in [7, 11) is 1.43. The lowest BCUT2D eigenvalue weighted by Crippen LogP contribution is -2.40. The molecule has 1 heterocycles. The first kappa shape index (κ1) is 18.2. The Balaban J connectivity index is 1.70. The Morgan fingerprint density at radius 2 is 2.15 bits per heavy atom. The molecule has 3 rings (SSSR count). The summed E-state index contributed by atoms with van der Waals surface area (Å²) in [6.07, 6.45) is 0.0390. The number of amides is 2. The van der Waals surface area contributed by atoms with Gasteiger partial charge in [0.05, 0.1) is 23.0 Å². The number of nitrogens with one attached hydrogen (secondary N) is 1. The van der Waals surface area contributed by atoms with Gasteiger partial charge in [0.15, 0.2) is 12.4 Å². The summed E-state index contributed by atoms with van der Waals surface area (Å²) < 4.78 is 24.5. The maximum absolute atomic E-state index is 13.6. The van der Waals surface area contributed by atoms with Gasteiger partial charge in [-0.25, -0.2) is 4.39 Å². The van der Waals surface area contributed by atoms with E-state index in [2.05, 4.69) is 21.2 Å². The number of para-hydroxylation sites is 2. The van der Waals surface area contributed by atoms with Gasteiger partial charge in [-0.15, -0.1) is 0 Å². The summed E-state index contributed by atoms with van der Waals surface area (Å²) in [6.45, 7) is 0.118. The lowest BCUT2D eigenvalue weighted by Gasteiger charge is -2.29. The third-order valence-corrected chi connectivity index (χ3v) is 4.45. The van der Waals surface area contributed by atoms with Crippen LogP contribution in [-0.4, -0.2) is 32.1 Å². The van der Waals surface area contributed by atoms with Crippen molar-refractivity contribution in [3.05, 3.63) is 46.7 Å². The zero-order valence-corrected chi connectivity index (χ0v) is 15.5. The third kappa shape index (κ3) is 3.80. The summed E-state index contributed by atoms with van der Waals surface area (Å²) >= 11 is 3.19. The molecule has 2 amide bonds. The molecule has 0 aliphatic carbocycles. The molecular formula is C18H16BrFN2O4. The number of benzene rings is 2. The van der Waals surface area contributed by atoms with Crippen molar-refractivity contribution in [3.63, 3.8) is 0 Å². The van der Waals surface area contributed by atoms with Gasteiger partial charge >= 0.3 is 0 Å². The number of carbonyl (C=O) groups excluding carboxylic acids is 2. The number of fused-ring (bicyclic) bond motifs is 1. The number of nitrogens with zero attached hydrogens (tertiary/aromatic N) is 1. The average Bonchev–Trinajstić information content (AvgIpc) is 2.60. The molecular weight excluding hydrogens is 407 g/mol. The van der Waals surface area contributed by atoms with Crippen LogP contribution in [0.1, 0.15) is 6.42 Å². The zero-order valence-electron chi connectivity index (χ0n) is 13.9. The predicted octanol–water partition coefficient (Wildman–Crippen LogP) is 3.35. The maximum atomic E-state index is 13.6. The molecule has 1 N–H and O–H groups in total. The minimum atomic E-state index is -0.509. The highest BCUT2D eigenvalue weighted by Crippen LogP contribution is 2.34. The number of anilines is 2. The van der Waals surface area contributed by atoms with Crippen LogP contribution in [0.2, 0.25) is 0 Å². The van der Waals surface area contributed by atoms with Crippen LogP contribution in [0.4, 0.5) is 15.8 Å². The van der Waals surface area contributed by atoms with Crippen LogP contribution in [0, 0.1) is 5.82 Å². The second-order valence-corrected chi connectivity index (χ2v) is 6.42. The minimum Gasteiger partial charge on any atom is -0.493 e. The molecule has 2 aromatic carbocycles. The molecule has 0 atom stereocenters. The molecule has 0 radical (unpaired) electrons. The van der Waals surface area contributed by atoms with Crippen LogP contribution in [0.25, 0.3) is 0 Å². The van der Waals surface area contributed by atoms with E-state index >= 15 is 0 Å². The van der Waals surface area contributed by atoms with Crippen LogP contribution in [0.3, 0.4) is 0 Å². The lowest BCUT2D eigenvalue weighted by molar-refractivity contribution is -0.121. The molecule has 2 aromatic rings. The fourth-order valence-corrected chi connectivity index (χ4v) is 3.28. The van der Waals surface area contributed by atoms with Crippen molar-refractivity contribution in [2.75, 3.05) is 30.5 Å². The fourth-order valence-electron chi connectivity index (χ4n) is 2.69. The molecule has 1 aliphatic rings. The maximum Gasteiger partial charge on any atom is 0.265 e. The van der Waals surface area contributed by atoms with Crippen LogP contribution >= 0.6 is 15.9 Å². The van der Waals surface area contributed by atoms with Crippen molar-refractivity contribution in [1.29, 1.82) is 0 Å². The fraction of sp³-hybridized carbons (Fsp3) is 0.222. The van der Waals surface area contributed by atoms with Crippen LogP contribution < -0.4 is 19.7 Å². The van der Waals surface area contributed by atoms with Crippen molar-refractivity contribution in [2.45, 2.75) is 6.42 Å². The minimum absolute atomic E-state index is 0.0390. The largest absolute Gasteiger partial charge is 0.493 e. The summed E-state index contributed by atoms with van der Waals surface area (Å²) in [5.41, 5.74) is 0.848. The summed E-state index contributed by atoms with van der Waals surface area (Å²) in [5, 5.41) is 2.62. The van der Waals surface area contributed by atoms with E-state index in [0.29, 0.717) is 21.7 Å². The van der Waals surface area contributed by atoms with Gasteiger partial charge in [-0.2, -0.15) is 0 Å². The molecule has 0 saturated heterocycles. The van der Waals surface area contributed by atoms with Crippen LogP contribution in [0.5, 0.6) is 11.5 Å². The zero-order chi connectivity index (χ0) is 18.7. The first-order valence-corrected chi connectivity index (χ1v) is 8.64. The summed E-state index contributed by atoms with van der Waals surface area (Å²) in [6, 6.07) is 9.56. The standard InChI is InChI=1S/C18H16BrFN2O4/c1-25-18-12(19)8-11(20)9-13(18)21-16(23)6-7-22-14-4-2-3-5-15(14)26-10-17(22)24/h2-5,8-9H,6-7,10H2,1H3,(H,21,23). The van der Waals surface area contributed by atoms with E-state index in [-0.39, 0.29) is 37.1 Å². The first-order valence-electron chi connectivity index (χ1n) is 7.84. The van der Waals surface area contributed by atoms with Gasteiger partial charge in [0, 0.05) is 19.0 Å². The molecule has 8 heteroatoms. The molecule has 0 saturated carbocycles. The van der Waals surface area contributed by atoms with Crippen molar-refractivity contribution in [1.82, 2.24) is 0 Å². The second kappa shape index (κ2) is 7.74. The molecule has 0 fully saturated rings. The molecule has 0 aromatic heterocycles. The smallest absolute Gasteiger partial charge is 0.265 e. The quantitative estimate of drug-likeness (QED) is 0.801. The summed E-state index contributed by atoms with van der Waals surface area (Å²) in [5.74, 6) is -0.166. The highest BCUT2D eigenvalue weighted by molar-refractivity contribution is 9.10. The number of ether oxygens (including phenoxy) is 2. The van der Waals surface area contributed by atoms with Gasteiger partial charge < -0.3 is 19.7 Å². The van der Waals surface area contributed by atoms with Crippen molar-refractivity contribution < 1.29 is 23.5 Å². The third-order valence-electron chi connectivity index (χ3n) is 3.86. The number of rotatable bonds is 5. The van der Waals surface area contributed by atoms with Crippen molar-refractivity contribution in [3.8, 4) is 11.5 Å². The topological polar surface area (TPSA) is 67.9 Å². The van der Waals surface area contributed by atoms with Crippen LogP contribution in [0.15, 0.2) is 40.9 Å². The number of methoxy groups -OCH3 is 1. The molecule has 1 aliphatic heterocycles. The molecule has 0 bridgehead atoms.